The summed E-state index contributed by atoms with van der Waals surface area (Å²) in [7, 11) is 0. The highest BCUT2D eigenvalue weighted by Gasteiger charge is 2.06. The average Bonchev–Trinajstić information content (AvgIpc) is 2.39. The van der Waals surface area contributed by atoms with Crippen LogP contribution in [0.25, 0.3) is 0 Å². The van der Waals surface area contributed by atoms with Crippen molar-refractivity contribution in [1.82, 2.24) is 4.98 Å². The van der Waals surface area contributed by atoms with Crippen molar-refractivity contribution >= 4 is 27.5 Å². The maximum Gasteiger partial charge on any atom is 0.255 e. The second kappa shape index (κ2) is 5.78. The summed E-state index contributed by atoms with van der Waals surface area (Å²) in [5, 5.41) is 3.61. The number of carbonyl (C=O) groups is 1. The van der Waals surface area contributed by atoms with Crippen LogP contribution < -0.4 is 5.32 Å². The van der Waals surface area contributed by atoms with Crippen molar-refractivity contribution in [2.24, 2.45) is 0 Å². The Kier molecular flexibility index (Phi) is 4.10. The smallest absolute Gasteiger partial charge is 0.255 e. The SMILES string of the molecule is Cc1cncc(NC(=O)c2ccc(CBr)cc2)c1. The standard InChI is InChI=1S/C14H13BrN2O/c1-10-6-13(9-16-8-10)17-14(18)12-4-2-11(7-15)3-5-12/h2-6,8-9H,7H2,1H3,(H,17,18). The number of alkyl halides is 1. The van der Waals surface area contributed by atoms with Gasteiger partial charge >= 0.3 is 0 Å². The minimum atomic E-state index is -0.122. The fraction of sp³-hybridized carbons (Fsp3) is 0.143. The van der Waals surface area contributed by atoms with Crippen LogP contribution in [-0.4, -0.2) is 10.9 Å². The van der Waals surface area contributed by atoms with Gasteiger partial charge in [0.2, 0.25) is 0 Å². The zero-order chi connectivity index (χ0) is 13.0. The monoisotopic (exact) mass is 304 g/mol. The maximum atomic E-state index is 12.0. The van der Waals surface area contributed by atoms with Gasteiger partial charge in [-0.2, -0.15) is 0 Å². The molecule has 1 heterocycles. The molecule has 1 amide bonds. The molecule has 1 aromatic carbocycles. The molecule has 18 heavy (non-hydrogen) atoms. The van der Waals surface area contributed by atoms with Crippen LogP contribution in [-0.2, 0) is 5.33 Å². The predicted octanol–water partition coefficient (Wildman–Crippen LogP) is 3.54. The van der Waals surface area contributed by atoms with Crippen LogP contribution in [0, 0.1) is 6.92 Å². The van der Waals surface area contributed by atoms with Crippen molar-refractivity contribution in [2.75, 3.05) is 5.32 Å². The molecule has 1 aromatic heterocycles. The second-order valence-electron chi connectivity index (χ2n) is 4.04. The van der Waals surface area contributed by atoms with Gasteiger partial charge in [-0.05, 0) is 36.2 Å². The molecular formula is C14H13BrN2O. The number of nitrogens with one attached hydrogen (secondary N) is 1. The first-order valence-corrected chi connectivity index (χ1v) is 6.69. The first kappa shape index (κ1) is 12.8. The number of pyridine rings is 1. The van der Waals surface area contributed by atoms with E-state index in [9.17, 15) is 4.79 Å². The largest absolute Gasteiger partial charge is 0.321 e. The van der Waals surface area contributed by atoms with Crippen molar-refractivity contribution in [3.63, 3.8) is 0 Å². The van der Waals surface area contributed by atoms with Crippen molar-refractivity contribution < 1.29 is 4.79 Å². The molecule has 1 N–H and O–H groups in total. The fourth-order valence-corrected chi connectivity index (χ4v) is 1.95. The molecule has 0 unspecified atom stereocenters. The number of benzene rings is 1. The number of amides is 1. The number of hydrogen-bond donors (Lipinski definition) is 1. The van der Waals surface area contributed by atoms with Gasteiger partial charge in [-0.25, -0.2) is 0 Å². The van der Waals surface area contributed by atoms with Gasteiger partial charge in [0.05, 0.1) is 11.9 Å². The summed E-state index contributed by atoms with van der Waals surface area (Å²) >= 11 is 3.37. The highest BCUT2D eigenvalue weighted by atomic mass is 79.9. The summed E-state index contributed by atoms with van der Waals surface area (Å²) in [6.07, 6.45) is 3.39. The topological polar surface area (TPSA) is 42.0 Å². The molecule has 0 atom stereocenters. The maximum absolute atomic E-state index is 12.0. The molecule has 0 aliphatic heterocycles. The van der Waals surface area contributed by atoms with Gasteiger partial charge in [-0.15, -0.1) is 0 Å². The predicted molar refractivity (Wildman–Crippen MR) is 76.0 cm³/mol. The highest BCUT2D eigenvalue weighted by molar-refractivity contribution is 9.08. The van der Waals surface area contributed by atoms with Crippen LogP contribution in [0.3, 0.4) is 0 Å². The Morgan fingerprint density at radius 2 is 2.00 bits per heavy atom. The zero-order valence-corrected chi connectivity index (χ0v) is 11.6. The van der Waals surface area contributed by atoms with Gasteiger partial charge in [-0.3, -0.25) is 9.78 Å². The molecular weight excluding hydrogens is 292 g/mol. The minimum Gasteiger partial charge on any atom is -0.321 e. The van der Waals surface area contributed by atoms with Crippen LogP contribution in [0.4, 0.5) is 5.69 Å². The van der Waals surface area contributed by atoms with E-state index in [2.05, 4.69) is 26.2 Å². The van der Waals surface area contributed by atoms with Gasteiger partial charge in [0.25, 0.3) is 5.91 Å². The van der Waals surface area contributed by atoms with E-state index >= 15 is 0 Å². The van der Waals surface area contributed by atoms with Gasteiger partial charge in [-0.1, -0.05) is 28.1 Å². The van der Waals surface area contributed by atoms with E-state index in [0.29, 0.717) is 11.3 Å². The summed E-state index contributed by atoms with van der Waals surface area (Å²) in [4.78, 5) is 16.0. The van der Waals surface area contributed by atoms with Gasteiger partial charge < -0.3 is 5.32 Å². The molecule has 4 heteroatoms. The number of aromatic nitrogens is 1. The Bertz CT molecular complexity index is 552. The summed E-state index contributed by atoms with van der Waals surface area (Å²) < 4.78 is 0. The van der Waals surface area contributed by atoms with Crippen molar-refractivity contribution in [2.45, 2.75) is 12.3 Å². The number of rotatable bonds is 3. The number of hydrogen-bond acceptors (Lipinski definition) is 2. The molecule has 2 rings (SSSR count). The Labute approximate surface area is 114 Å². The number of carbonyl (C=O) groups excluding carboxylic acids is 1. The summed E-state index contributed by atoms with van der Waals surface area (Å²) in [5.41, 5.74) is 3.51. The summed E-state index contributed by atoms with van der Waals surface area (Å²) in [5.74, 6) is -0.122. The molecule has 0 fully saturated rings. The molecule has 0 aliphatic carbocycles. The Morgan fingerprint density at radius 1 is 1.28 bits per heavy atom. The quantitative estimate of drug-likeness (QED) is 0.881. The van der Waals surface area contributed by atoms with E-state index < -0.39 is 0 Å². The van der Waals surface area contributed by atoms with Crippen molar-refractivity contribution in [1.29, 1.82) is 0 Å². The molecule has 0 radical (unpaired) electrons. The third-order valence-corrected chi connectivity index (χ3v) is 3.15. The lowest BCUT2D eigenvalue weighted by molar-refractivity contribution is 0.102. The van der Waals surface area contributed by atoms with Crippen LogP contribution in [0.5, 0.6) is 0 Å². The van der Waals surface area contributed by atoms with Gasteiger partial charge in [0.15, 0.2) is 0 Å². The van der Waals surface area contributed by atoms with Gasteiger partial charge in [0.1, 0.15) is 0 Å². The summed E-state index contributed by atoms with van der Waals surface area (Å²) in [6, 6.07) is 9.37. The lowest BCUT2D eigenvalue weighted by Crippen LogP contribution is -2.12. The Morgan fingerprint density at radius 3 is 2.61 bits per heavy atom. The molecule has 0 saturated heterocycles. The molecule has 3 nitrogen and oxygen atoms in total. The van der Waals surface area contributed by atoms with Gasteiger partial charge in [0, 0.05) is 17.1 Å². The first-order valence-electron chi connectivity index (χ1n) is 5.57. The number of halogens is 1. The molecule has 0 spiro atoms. The highest BCUT2D eigenvalue weighted by Crippen LogP contribution is 2.12. The molecule has 0 aliphatic rings. The first-order chi connectivity index (χ1) is 8.69. The van der Waals surface area contributed by atoms with E-state index in [-0.39, 0.29) is 5.91 Å². The van der Waals surface area contributed by atoms with Crippen molar-refractivity contribution in [3.8, 4) is 0 Å². The molecule has 2 aromatic rings. The second-order valence-corrected chi connectivity index (χ2v) is 4.60. The zero-order valence-electron chi connectivity index (χ0n) is 9.98. The lowest BCUT2D eigenvalue weighted by atomic mass is 10.1. The van der Waals surface area contributed by atoms with E-state index in [0.717, 1.165) is 16.5 Å². The van der Waals surface area contributed by atoms with E-state index in [1.165, 1.54) is 0 Å². The Hall–Kier alpha value is -1.68. The van der Waals surface area contributed by atoms with Crippen LogP contribution in [0.1, 0.15) is 21.5 Å². The van der Waals surface area contributed by atoms with Crippen molar-refractivity contribution in [3.05, 3.63) is 59.4 Å². The Balaban J connectivity index is 2.11. The number of nitrogens with zero attached hydrogens (tertiary/aromatic N) is 1. The van der Waals surface area contributed by atoms with Crippen LogP contribution in [0.2, 0.25) is 0 Å². The normalized spacial score (nSPS) is 10.1. The molecule has 92 valence electrons. The lowest BCUT2D eigenvalue weighted by Gasteiger charge is -2.06. The fourth-order valence-electron chi connectivity index (χ4n) is 1.57. The summed E-state index contributed by atoms with van der Waals surface area (Å²) in [6.45, 7) is 1.94. The third-order valence-electron chi connectivity index (χ3n) is 2.50. The average molecular weight is 305 g/mol. The number of aryl methyl sites for hydroxylation is 1. The minimum absolute atomic E-state index is 0.122. The third kappa shape index (κ3) is 3.17. The van der Waals surface area contributed by atoms with E-state index in [4.69, 9.17) is 0 Å². The van der Waals surface area contributed by atoms with Crippen LogP contribution >= 0.6 is 15.9 Å². The number of anilines is 1. The van der Waals surface area contributed by atoms with E-state index in [1.807, 2.05) is 37.3 Å². The van der Waals surface area contributed by atoms with E-state index in [1.54, 1.807) is 12.4 Å². The van der Waals surface area contributed by atoms with Crippen LogP contribution in [0.15, 0.2) is 42.7 Å². The molecule has 0 saturated carbocycles. The molecule has 0 bridgehead atoms.